The Balaban J connectivity index is 2.26. The molecule has 5 heteroatoms. The lowest BCUT2D eigenvalue weighted by atomic mass is 10.2. The number of hydrogen-bond donors (Lipinski definition) is 1. The molecule has 1 saturated heterocycles. The Kier molecular flexibility index (Phi) is 4.22. The van der Waals surface area contributed by atoms with Crippen LogP contribution >= 0.6 is 8.25 Å². The Labute approximate surface area is 73.5 Å². The molecule has 1 aliphatic heterocycles. The van der Waals surface area contributed by atoms with Gasteiger partial charge in [0.1, 0.15) is 0 Å². The Morgan fingerprint density at radius 3 is 3.08 bits per heavy atom. The van der Waals surface area contributed by atoms with Crippen LogP contribution in [0.15, 0.2) is 0 Å². The lowest BCUT2D eigenvalue weighted by molar-refractivity contribution is 0.172. The monoisotopic (exact) mass is 193 g/mol. The summed E-state index contributed by atoms with van der Waals surface area (Å²) in [6.07, 6.45) is 2.26. The van der Waals surface area contributed by atoms with Crippen molar-refractivity contribution < 1.29 is 14.0 Å². The number of likely N-dealkylation sites (tertiary alicyclic amines) is 1. The van der Waals surface area contributed by atoms with Gasteiger partial charge in [-0.2, -0.15) is 0 Å². The van der Waals surface area contributed by atoms with Gasteiger partial charge in [0.2, 0.25) is 0 Å². The third kappa shape index (κ3) is 2.87. The fourth-order valence-electron chi connectivity index (χ4n) is 1.67. The predicted octanol–water partition coefficient (Wildman–Crippen LogP) is 0.869. The van der Waals surface area contributed by atoms with E-state index >= 15 is 0 Å². The van der Waals surface area contributed by atoms with Gasteiger partial charge < -0.3 is 9.42 Å². The summed E-state index contributed by atoms with van der Waals surface area (Å²) in [4.78, 5) is 10.8. The SMILES string of the molecule is CCN1CCC[C@H]1CO[PH](=O)O. The van der Waals surface area contributed by atoms with Crippen molar-refractivity contribution >= 4 is 8.25 Å². The quantitative estimate of drug-likeness (QED) is 0.673. The molecule has 72 valence electrons. The van der Waals surface area contributed by atoms with Gasteiger partial charge in [0, 0.05) is 6.04 Å². The molecule has 12 heavy (non-hydrogen) atoms. The van der Waals surface area contributed by atoms with E-state index in [4.69, 9.17) is 9.42 Å². The molecule has 1 unspecified atom stereocenters. The summed E-state index contributed by atoms with van der Waals surface area (Å²) in [6.45, 7) is 4.60. The van der Waals surface area contributed by atoms with Crippen LogP contribution in [-0.2, 0) is 9.09 Å². The summed E-state index contributed by atoms with van der Waals surface area (Å²) in [6, 6.07) is 0.357. The molecule has 0 saturated carbocycles. The lowest BCUT2D eigenvalue weighted by Gasteiger charge is -2.21. The van der Waals surface area contributed by atoms with Crippen molar-refractivity contribution in [3.8, 4) is 0 Å². The standard InChI is InChI=1S/C7H16NO3P/c1-2-8-5-3-4-7(8)6-11-12(9)10/h7,12H,2-6H2,1H3,(H,9,10)/t7-/m0/s1. The van der Waals surface area contributed by atoms with Crippen molar-refractivity contribution in [3.63, 3.8) is 0 Å². The van der Waals surface area contributed by atoms with E-state index in [2.05, 4.69) is 11.8 Å². The minimum absolute atomic E-state index is 0.357. The first-order valence-electron chi connectivity index (χ1n) is 4.33. The number of hydrogen-bond acceptors (Lipinski definition) is 3. The molecule has 0 bridgehead atoms. The largest absolute Gasteiger partial charge is 0.326 e. The summed E-state index contributed by atoms with van der Waals surface area (Å²) < 4.78 is 15.0. The number of nitrogens with zero attached hydrogens (tertiary/aromatic N) is 1. The Morgan fingerprint density at radius 2 is 2.50 bits per heavy atom. The smallest absolute Gasteiger partial charge is 0.316 e. The predicted molar refractivity (Wildman–Crippen MR) is 47.4 cm³/mol. The van der Waals surface area contributed by atoms with Crippen molar-refractivity contribution in [1.82, 2.24) is 4.90 Å². The molecule has 4 nitrogen and oxygen atoms in total. The van der Waals surface area contributed by atoms with E-state index in [-0.39, 0.29) is 0 Å². The summed E-state index contributed by atoms with van der Waals surface area (Å²) >= 11 is 0. The van der Waals surface area contributed by atoms with E-state index in [1.165, 1.54) is 6.42 Å². The molecule has 1 aliphatic rings. The molecule has 0 aromatic carbocycles. The Bertz CT molecular complexity index is 165. The van der Waals surface area contributed by atoms with Gasteiger partial charge in [-0.05, 0) is 25.9 Å². The lowest BCUT2D eigenvalue weighted by Crippen LogP contribution is -2.32. The van der Waals surface area contributed by atoms with Crippen molar-refractivity contribution in [2.24, 2.45) is 0 Å². The summed E-state index contributed by atoms with van der Waals surface area (Å²) in [5.74, 6) is 0. The zero-order chi connectivity index (χ0) is 8.97. The maximum atomic E-state index is 10.3. The van der Waals surface area contributed by atoms with Crippen LogP contribution in [-0.4, -0.2) is 35.5 Å². The highest BCUT2D eigenvalue weighted by Gasteiger charge is 2.23. The van der Waals surface area contributed by atoms with Crippen LogP contribution in [0.5, 0.6) is 0 Å². The fraction of sp³-hybridized carbons (Fsp3) is 1.00. The molecule has 0 aromatic heterocycles. The molecule has 0 radical (unpaired) electrons. The van der Waals surface area contributed by atoms with Crippen molar-refractivity contribution in [2.45, 2.75) is 25.8 Å². The average Bonchev–Trinajstić information content (AvgIpc) is 2.47. The third-order valence-corrected chi connectivity index (χ3v) is 2.72. The maximum Gasteiger partial charge on any atom is 0.316 e. The van der Waals surface area contributed by atoms with Crippen molar-refractivity contribution in [3.05, 3.63) is 0 Å². The van der Waals surface area contributed by atoms with E-state index in [1.54, 1.807) is 0 Å². The fourth-order valence-corrected chi connectivity index (χ4v) is 2.00. The van der Waals surface area contributed by atoms with E-state index in [9.17, 15) is 4.57 Å². The van der Waals surface area contributed by atoms with Gasteiger partial charge in [0.15, 0.2) is 0 Å². The van der Waals surface area contributed by atoms with Gasteiger partial charge in [0.05, 0.1) is 6.61 Å². The molecule has 1 fully saturated rings. The first-order chi connectivity index (χ1) is 5.74. The average molecular weight is 193 g/mol. The topological polar surface area (TPSA) is 49.8 Å². The van der Waals surface area contributed by atoms with Crippen molar-refractivity contribution in [1.29, 1.82) is 0 Å². The molecule has 0 amide bonds. The zero-order valence-electron chi connectivity index (χ0n) is 7.32. The summed E-state index contributed by atoms with van der Waals surface area (Å²) in [5, 5.41) is 0. The van der Waals surface area contributed by atoms with Crippen LogP contribution in [0.2, 0.25) is 0 Å². The molecular formula is C7H16NO3P. The first-order valence-corrected chi connectivity index (χ1v) is 5.60. The van der Waals surface area contributed by atoms with Crippen molar-refractivity contribution in [2.75, 3.05) is 19.7 Å². The van der Waals surface area contributed by atoms with Gasteiger partial charge >= 0.3 is 8.25 Å². The minimum Gasteiger partial charge on any atom is -0.326 e. The van der Waals surface area contributed by atoms with Gasteiger partial charge in [-0.1, -0.05) is 6.92 Å². The number of rotatable bonds is 4. The van der Waals surface area contributed by atoms with Gasteiger partial charge in [-0.15, -0.1) is 0 Å². The summed E-state index contributed by atoms with van der Waals surface area (Å²) in [7, 11) is -2.73. The van der Waals surface area contributed by atoms with Crippen LogP contribution < -0.4 is 0 Å². The van der Waals surface area contributed by atoms with E-state index < -0.39 is 8.25 Å². The van der Waals surface area contributed by atoms with Crippen LogP contribution in [0.4, 0.5) is 0 Å². The second-order valence-corrected chi connectivity index (χ2v) is 3.82. The molecule has 0 aromatic rings. The first kappa shape index (κ1) is 10.2. The summed E-state index contributed by atoms with van der Waals surface area (Å²) in [5.41, 5.74) is 0. The number of likely N-dealkylation sites (N-methyl/N-ethyl adjacent to an activating group) is 1. The highest BCUT2D eigenvalue weighted by molar-refractivity contribution is 7.32. The molecule has 1 N–H and O–H groups in total. The third-order valence-electron chi connectivity index (χ3n) is 2.30. The van der Waals surface area contributed by atoms with E-state index in [0.29, 0.717) is 12.6 Å². The molecular weight excluding hydrogens is 177 g/mol. The highest BCUT2D eigenvalue weighted by Crippen LogP contribution is 2.21. The zero-order valence-corrected chi connectivity index (χ0v) is 8.32. The van der Waals surface area contributed by atoms with Crippen LogP contribution in [0.3, 0.4) is 0 Å². The second kappa shape index (κ2) is 4.97. The minimum atomic E-state index is -2.73. The van der Waals surface area contributed by atoms with Crippen LogP contribution in [0, 0.1) is 0 Å². The van der Waals surface area contributed by atoms with Gasteiger partial charge in [-0.3, -0.25) is 9.46 Å². The van der Waals surface area contributed by atoms with Gasteiger partial charge in [-0.25, -0.2) is 0 Å². The Hall–Kier alpha value is 0.110. The normalized spacial score (nSPS) is 27.7. The molecule has 1 rings (SSSR count). The molecule has 0 aliphatic carbocycles. The van der Waals surface area contributed by atoms with Crippen LogP contribution in [0.25, 0.3) is 0 Å². The van der Waals surface area contributed by atoms with E-state index in [0.717, 1.165) is 19.5 Å². The molecule has 0 spiro atoms. The highest BCUT2D eigenvalue weighted by atomic mass is 31.1. The second-order valence-electron chi connectivity index (χ2n) is 3.00. The molecule has 1 heterocycles. The van der Waals surface area contributed by atoms with E-state index in [1.807, 2.05) is 0 Å². The molecule has 2 atom stereocenters. The van der Waals surface area contributed by atoms with Crippen LogP contribution in [0.1, 0.15) is 19.8 Å². The maximum absolute atomic E-state index is 10.3. The van der Waals surface area contributed by atoms with Gasteiger partial charge in [0.25, 0.3) is 0 Å². The Morgan fingerprint density at radius 1 is 1.75 bits per heavy atom.